The van der Waals surface area contributed by atoms with E-state index in [2.05, 4.69) is 6.07 Å². The number of ether oxygens (including phenoxy) is 1. The topological polar surface area (TPSA) is 79.3 Å². The number of halogens is 3. The molecule has 2 aliphatic rings. The van der Waals surface area contributed by atoms with Crippen molar-refractivity contribution in [3.8, 4) is 11.8 Å². The maximum Gasteiger partial charge on any atom is 0.161 e. The molecule has 0 saturated heterocycles. The smallest absolute Gasteiger partial charge is 0.161 e. The Morgan fingerprint density at radius 2 is 1.85 bits per heavy atom. The highest BCUT2D eigenvalue weighted by Gasteiger charge is 2.41. The number of hydrogen-bond donors (Lipinski definition) is 1. The summed E-state index contributed by atoms with van der Waals surface area (Å²) in [4.78, 5) is 15.5. The molecule has 8 heteroatoms. The molecular weight excluding hydrogens is 548 g/mol. The van der Waals surface area contributed by atoms with Gasteiger partial charge in [-0.05, 0) is 86.2 Å². The molecular formula is C32H28Cl2FN3O2. The lowest BCUT2D eigenvalue weighted by atomic mass is 9.73. The highest BCUT2D eigenvalue weighted by molar-refractivity contribution is 6.32. The Kier molecular flexibility index (Phi) is 7.63. The number of allylic oxidation sites excluding steroid dienone is 3. The number of Topliss-reactive ketones (excluding diaryl/α,β-unsaturated/α-hetero) is 1. The Bertz CT molecular complexity index is 1650. The molecule has 1 aliphatic carbocycles. The summed E-state index contributed by atoms with van der Waals surface area (Å²) < 4.78 is 19.5. The summed E-state index contributed by atoms with van der Waals surface area (Å²) in [6.07, 6.45) is 1.74. The van der Waals surface area contributed by atoms with E-state index in [9.17, 15) is 14.4 Å². The van der Waals surface area contributed by atoms with Crippen LogP contribution in [0.3, 0.4) is 0 Å². The maximum atomic E-state index is 13.6. The lowest BCUT2D eigenvalue weighted by Crippen LogP contribution is -2.39. The van der Waals surface area contributed by atoms with Gasteiger partial charge < -0.3 is 10.5 Å². The fraction of sp³-hybridized carbons (Fsp3) is 0.250. The van der Waals surface area contributed by atoms with Crippen LogP contribution in [-0.4, -0.2) is 5.78 Å². The van der Waals surface area contributed by atoms with E-state index >= 15 is 0 Å². The van der Waals surface area contributed by atoms with Crippen molar-refractivity contribution < 1.29 is 13.9 Å². The number of carbonyl (C=O) groups excluding carboxylic acids is 1. The molecule has 1 unspecified atom stereocenters. The van der Waals surface area contributed by atoms with Crippen LogP contribution in [0.4, 0.5) is 10.1 Å². The van der Waals surface area contributed by atoms with Crippen molar-refractivity contribution in [1.82, 2.24) is 0 Å². The third kappa shape index (κ3) is 4.85. The average Bonchev–Trinajstić information content (AvgIpc) is 2.91. The van der Waals surface area contributed by atoms with Crippen molar-refractivity contribution in [3.63, 3.8) is 0 Å². The van der Waals surface area contributed by atoms with Crippen molar-refractivity contribution in [1.29, 1.82) is 5.26 Å². The summed E-state index contributed by atoms with van der Waals surface area (Å²) in [5, 5.41) is 11.2. The quantitative estimate of drug-likeness (QED) is 0.334. The van der Waals surface area contributed by atoms with E-state index in [1.807, 2.05) is 49.9 Å². The van der Waals surface area contributed by atoms with Gasteiger partial charge in [-0.3, -0.25) is 9.69 Å². The molecule has 0 fully saturated rings. The molecule has 3 aromatic rings. The summed E-state index contributed by atoms with van der Waals surface area (Å²) in [5.74, 6) is -0.391. The van der Waals surface area contributed by atoms with Crippen LogP contribution in [0.1, 0.15) is 53.0 Å². The monoisotopic (exact) mass is 575 g/mol. The molecule has 5 nitrogen and oxygen atoms in total. The highest BCUT2D eigenvalue weighted by atomic mass is 35.5. The molecule has 3 aromatic carbocycles. The summed E-state index contributed by atoms with van der Waals surface area (Å²) in [6.45, 7) is 5.98. The highest BCUT2D eigenvalue weighted by Crippen LogP contribution is 2.48. The lowest BCUT2D eigenvalue weighted by molar-refractivity contribution is -0.116. The first-order valence-corrected chi connectivity index (χ1v) is 13.8. The number of nitrogens with two attached hydrogens (primary N) is 1. The first-order chi connectivity index (χ1) is 19.1. The summed E-state index contributed by atoms with van der Waals surface area (Å²) in [7, 11) is 0. The Hall–Kier alpha value is -3.79. The van der Waals surface area contributed by atoms with E-state index in [4.69, 9.17) is 33.7 Å². The molecule has 2 N–H and O–H groups in total. The summed E-state index contributed by atoms with van der Waals surface area (Å²) in [6, 6.07) is 15.9. The van der Waals surface area contributed by atoms with Gasteiger partial charge in [-0.1, -0.05) is 47.0 Å². The van der Waals surface area contributed by atoms with Crippen LogP contribution in [0.2, 0.25) is 10.0 Å². The second-order valence-corrected chi connectivity index (χ2v) is 11.0. The van der Waals surface area contributed by atoms with Crippen molar-refractivity contribution in [2.24, 2.45) is 5.73 Å². The number of rotatable bonds is 5. The molecule has 40 heavy (non-hydrogen) atoms. The maximum absolute atomic E-state index is 13.6. The minimum Gasteiger partial charge on any atom is -0.487 e. The summed E-state index contributed by atoms with van der Waals surface area (Å²) >= 11 is 12.6. The number of carbonyl (C=O) groups is 1. The van der Waals surface area contributed by atoms with Gasteiger partial charge in [0, 0.05) is 22.7 Å². The van der Waals surface area contributed by atoms with Gasteiger partial charge in [0.25, 0.3) is 0 Å². The first kappa shape index (κ1) is 27.8. The van der Waals surface area contributed by atoms with E-state index in [-0.39, 0.29) is 17.4 Å². The van der Waals surface area contributed by atoms with Crippen LogP contribution in [0.25, 0.3) is 0 Å². The average molecular weight is 576 g/mol. The Morgan fingerprint density at radius 3 is 2.58 bits per heavy atom. The van der Waals surface area contributed by atoms with E-state index in [0.717, 1.165) is 39.2 Å². The third-order valence-electron chi connectivity index (χ3n) is 7.68. The predicted octanol–water partition coefficient (Wildman–Crippen LogP) is 7.94. The van der Waals surface area contributed by atoms with Crippen molar-refractivity contribution in [2.45, 2.75) is 52.6 Å². The molecule has 0 radical (unpaired) electrons. The largest absolute Gasteiger partial charge is 0.487 e. The molecule has 0 amide bonds. The number of benzene rings is 3. The normalized spacial score (nSPS) is 17.2. The Labute approximate surface area is 243 Å². The van der Waals surface area contributed by atoms with Gasteiger partial charge in [0.05, 0.1) is 28.3 Å². The second-order valence-electron chi connectivity index (χ2n) is 10.2. The number of nitriles is 1. The second kappa shape index (κ2) is 11.0. The predicted molar refractivity (Wildman–Crippen MR) is 156 cm³/mol. The van der Waals surface area contributed by atoms with Gasteiger partial charge in [0.1, 0.15) is 24.0 Å². The fourth-order valence-corrected chi connectivity index (χ4v) is 6.06. The SMILES string of the molecule is Cc1cc(COc2ccc(F)cc2Cl)c(C)c(C2C(C#N)=C(N)N(c3cccc(Cl)c3C)C3=C2C(=O)CCC3)c1. The van der Waals surface area contributed by atoms with E-state index in [1.165, 1.54) is 18.2 Å². The van der Waals surface area contributed by atoms with Crippen LogP contribution in [-0.2, 0) is 11.4 Å². The number of hydrogen-bond acceptors (Lipinski definition) is 5. The number of anilines is 1. The van der Waals surface area contributed by atoms with Crippen molar-refractivity contribution >= 4 is 34.7 Å². The molecule has 5 rings (SSSR count). The number of ketones is 1. The van der Waals surface area contributed by atoms with Crippen LogP contribution in [0.15, 0.2) is 71.2 Å². The van der Waals surface area contributed by atoms with Gasteiger partial charge in [0.15, 0.2) is 5.78 Å². The number of nitrogens with zero attached hydrogens (tertiary/aromatic N) is 2. The Balaban J connectivity index is 1.65. The van der Waals surface area contributed by atoms with Crippen LogP contribution in [0.5, 0.6) is 5.75 Å². The standard InChI is InChI=1S/C32H28Cl2FN3O2/c1-17-12-20(16-40-29-11-10-21(35)14-25(29)34)18(2)22(13-17)30-23(15-36)32(37)38(26-7-4-6-24(33)19(26)3)27-8-5-9-28(39)31(27)30/h4,6-7,10-14,30H,5,8-9,16,37H2,1-3H3. The number of aryl methyl sites for hydroxylation is 1. The molecule has 0 aromatic heterocycles. The molecule has 0 spiro atoms. The minimum absolute atomic E-state index is 0.00739. The van der Waals surface area contributed by atoms with Gasteiger partial charge >= 0.3 is 0 Å². The van der Waals surface area contributed by atoms with E-state index in [0.29, 0.717) is 47.0 Å². The van der Waals surface area contributed by atoms with Gasteiger partial charge in [-0.2, -0.15) is 5.26 Å². The summed E-state index contributed by atoms with van der Waals surface area (Å²) in [5.41, 5.74) is 13.6. The van der Waals surface area contributed by atoms with Crippen LogP contribution in [0, 0.1) is 37.9 Å². The van der Waals surface area contributed by atoms with Crippen molar-refractivity contribution in [3.05, 3.63) is 115 Å². The Morgan fingerprint density at radius 1 is 1.07 bits per heavy atom. The molecule has 0 bridgehead atoms. The molecule has 1 heterocycles. The molecule has 0 saturated carbocycles. The molecule has 1 aliphatic heterocycles. The fourth-order valence-electron chi connectivity index (χ4n) is 5.67. The van der Waals surface area contributed by atoms with Gasteiger partial charge in [-0.15, -0.1) is 0 Å². The minimum atomic E-state index is -0.614. The van der Waals surface area contributed by atoms with E-state index < -0.39 is 11.7 Å². The zero-order chi connectivity index (χ0) is 28.7. The van der Waals surface area contributed by atoms with Crippen LogP contribution < -0.4 is 15.4 Å². The van der Waals surface area contributed by atoms with Gasteiger partial charge in [0.2, 0.25) is 0 Å². The molecule has 204 valence electrons. The van der Waals surface area contributed by atoms with Gasteiger partial charge in [-0.25, -0.2) is 4.39 Å². The lowest BCUT2D eigenvalue weighted by Gasteiger charge is -2.40. The van der Waals surface area contributed by atoms with Crippen molar-refractivity contribution in [2.75, 3.05) is 4.90 Å². The van der Waals surface area contributed by atoms with Crippen LogP contribution >= 0.6 is 23.2 Å². The zero-order valence-electron chi connectivity index (χ0n) is 22.4. The van der Waals surface area contributed by atoms with E-state index in [1.54, 1.807) is 6.07 Å². The first-order valence-electron chi connectivity index (χ1n) is 13.0. The third-order valence-corrected chi connectivity index (χ3v) is 8.39. The molecule has 1 atom stereocenters. The zero-order valence-corrected chi connectivity index (χ0v) is 24.0.